The van der Waals surface area contributed by atoms with E-state index in [4.69, 9.17) is 0 Å². The first kappa shape index (κ1) is 26.3. The van der Waals surface area contributed by atoms with Crippen molar-refractivity contribution in [3.63, 3.8) is 0 Å². The third kappa shape index (κ3) is 6.97. The summed E-state index contributed by atoms with van der Waals surface area (Å²) in [6.07, 6.45) is 0. The van der Waals surface area contributed by atoms with E-state index < -0.39 is 0 Å². The van der Waals surface area contributed by atoms with Crippen molar-refractivity contribution in [1.29, 1.82) is 0 Å². The maximum Gasteiger partial charge on any atom is 0.0857 e. The first-order valence-electron chi connectivity index (χ1n) is 13.8. The number of hydrogen-bond acceptors (Lipinski definition) is 2. The van der Waals surface area contributed by atoms with Gasteiger partial charge in [-0.1, -0.05) is 109 Å². The van der Waals surface area contributed by atoms with Crippen molar-refractivity contribution in [1.82, 2.24) is 0 Å². The van der Waals surface area contributed by atoms with Gasteiger partial charge in [0.25, 0.3) is 0 Å². The van der Waals surface area contributed by atoms with Crippen molar-refractivity contribution in [3.8, 4) is 45.9 Å². The molecule has 0 saturated carbocycles. The Morgan fingerprint density at radius 1 is 0.262 bits per heavy atom. The van der Waals surface area contributed by atoms with Gasteiger partial charge in [0.05, 0.1) is 11.4 Å². The van der Waals surface area contributed by atoms with E-state index in [0.717, 1.165) is 33.6 Å². The SMILES string of the molecule is C(#Cc1ccc(-c2ccccc2)cc1)c1ccc(N=Nc2ccc(C#Cc3ccc(-c4ccccc4)cc3)cc2)cc1. The fourth-order valence-electron chi connectivity index (χ4n) is 4.38. The zero-order valence-electron chi connectivity index (χ0n) is 22.9. The van der Waals surface area contributed by atoms with Gasteiger partial charge in [-0.15, -0.1) is 0 Å². The van der Waals surface area contributed by atoms with Crippen LogP contribution in [0.15, 0.2) is 168 Å². The Balaban J connectivity index is 1.04. The third-order valence-electron chi connectivity index (χ3n) is 6.70. The van der Waals surface area contributed by atoms with Crippen LogP contribution in [0.2, 0.25) is 0 Å². The molecule has 6 aromatic rings. The average Bonchev–Trinajstić information content (AvgIpc) is 3.08. The summed E-state index contributed by atoms with van der Waals surface area (Å²) in [5.41, 5.74) is 10.1. The molecule has 0 bridgehead atoms. The fourth-order valence-corrected chi connectivity index (χ4v) is 4.38. The van der Waals surface area contributed by atoms with Gasteiger partial charge in [0.1, 0.15) is 0 Å². The molecule has 0 aliphatic carbocycles. The van der Waals surface area contributed by atoms with E-state index in [0.29, 0.717) is 0 Å². The van der Waals surface area contributed by atoms with Gasteiger partial charge in [0.2, 0.25) is 0 Å². The van der Waals surface area contributed by atoms with Crippen LogP contribution in [0.3, 0.4) is 0 Å². The Bertz CT molecular complexity index is 1770. The molecule has 0 atom stereocenters. The molecule has 6 aromatic carbocycles. The first-order chi connectivity index (χ1) is 20.8. The normalized spacial score (nSPS) is 10.4. The van der Waals surface area contributed by atoms with E-state index in [1.165, 1.54) is 22.3 Å². The molecular formula is C40H26N2. The zero-order chi connectivity index (χ0) is 28.4. The summed E-state index contributed by atoms with van der Waals surface area (Å²) in [4.78, 5) is 0. The van der Waals surface area contributed by atoms with Gasteiger partial charge in [0.15, 0.2) is 0 Å². The second-order valence-electron chi connectivity index (χ2n) is 9.68. The number of benzene rings is 6. The smallest absolute Gasteiger partial charge is 0.0857 e. The molecule has 2 heteroatoms. The van der Waals surface area contributed by atoms with Gasteiger partial charge < -0.3 is 0 Å². The summed E-state index contributed by atoms with van der Waals surface area (Å²) in [6.45, 7) is 0. The first-order valence-corrected chi connectivity index (χ1v) is 13.8. The van der Waals surface area contributed by atoms with Crippen LogP contribution in [0, 0.1) is 23.7 Å². The molecule has 196 valence electrons. The number of azo groups is 1. The van der Waals surface area contributed by atoms with Crippen LogP contribution < -0.4 is 0 Å². The monoisotopic (exact) mass is 534 g/mol. The number of nitrogens with zero attached hydrogens (tertiary/aromatic N) is 2. The van der Waals surface area contributed by atoms with Crippen molar-refractivity contribution in [2.24, 2.45) is 10.2 Å². The molecule has 0 saturated heterocycles. The summed E-state index contributed by atoms with van der Waals surface area (Å²) in [5, 5.41) is 8.74. The van der Waals surface area contributed by atoms with Gasteiger partial charge in [0, 0.05) is 22.3 Å². The molecule has 0 spiro atoms. The quantitative estimate of drug-likeness (QED) is 0.159. The highest BCUT2D eigenvalue weighted by Gasteiger charge is 1.98. The molecule has 0 fully saturated rings. The largest absolute Gasteiger partial charge is 0.151 e. The zero-order valence-corrected chi connectivity index (χ0v) is 22.9. The van der Waals surface area contributed by atoms with E-state index in [-0.39, 0.29) is 0 Å². The van der Waals surface area contributed by atoms with Crippen LogP contribution >= 0.6 is 0 Å². The maximum atomic E-state index is 4.37. The fraction of sp³-hybridized carbons (Fsp3) is 0. The Labute approximate surface area is 247 Å². The minimum absolute atomic E-state index is 0.774. The van der Waals surface area contributed by atoms with Crippen LogP contribution in [0.1, 0.15) is 22.3 Å². The van der Waals surface area contributed by atoms with Crippen molar-refractivity contribution in [2.45, 2.75) is 0 Å². The highest BCUT2D eigenvalue weighted by Crippen LogP contribution is 2.21. The van der Waals surface area contributed by atoms with E-state index >= 15 is 0 Å². The molecular weight excluding hydrogens is 508 g/mol. The molecule has 42 heavy (non-hydrogen) atoms. The molecule has 0 heterocycles. The van der Waals surface area contributed by atoms with Crippen LogP contribution in [0.5, 0.6) is 0 Å². The van der Waals surface area contributed by atoms with Gasteiger partial charge in [-0.2, -0.15) is 10.2 Å². The van der Waals surface area contributed by atoms with Gasteiger partial charge in [-0.05, 0) is 95.1 Å². The molecule has 0 aliphatic rings. The molecule has 6 rings (SSSR count). The van der Waals surface area contributed by atoms with Crippen LogP contribution in [0.4, 0.5) is 11.4 Å². The summed E-state index contributed by atoms with van der Waals surface area (Å²) >= 11 is 0. The molecule has 0 amide bonds. The Hall–Kier alpha value is -5.96. The van der Waals surface area contributed by atoms with Gasteiger partial charge in [-0.25, -0.2) is 0 Å². The van der Waals surface area contributed by atoms with E-state index in [1.54, 1.807) is 0 Å². The van der Waals surface area contributed by atoms with E-state index in [2.05, 4.69) is 107 Å². The third-order valence-corrected chi connectivity index (χ3v) is 6.70. The number of rotatable bonds is 4. The molecule has 0 aliphatic heterocycles. The highest BCUT2D eigenvalue weighted by atomic mass is 15.1. The summed E-state index contributed by atoms with van der Waals surface area (Å²) < 4.78 is 0. The molecule has 0 unspecified atom stereocenters. The molecule has 0 aromatic heterocycles. The Morgan fingerprint density at radius 2 is 0.524 bits per heavy atom. The van der Waals surface area contributed by atoms with Crippen LogP contribution in [-0.2, 0) is 0 Å². The van der Waals surface area contributed by atoms with Crippen LogP contribution in [-0.4, -0.2) is 0 Å². The molecule has 2 nitrogen and oxygen atoms in total. The predicted molar refractivity (Wildman–Crippen MR) is 173 cm³/mol. The summed E-state index contributed by atoms with van der Waals surface area (Å²) in [6, 6.07) is 52.9. The maximum absolute atomic E-state index is 4.37. The van der Waals surface area contributed by atoms with Crippen molar-refractivity contribution < 1.29 is 0 Å². The standard InChI is InChI=1S/C40H26N2/c1-3-7-35(8-4-1)37-23-15-31(16-24-37)11-13-33-19-27-39(28-20-33)41-42-40-29-21-34(22-30-40)14-12-32-17-25-38(26-18-32)36-9-5-2-6-10-36/h1-10,15-30H. The van der Waals surface area contributed by atoms with Crippen LogP contribution in [0.25, 0.3) is 22.3 Å². The predicted octanol–water partition coefficient (Wildman–Crippen LogP) is 10.2. The van der Waals surface area contributed by atoms with Crippen molar-refractivity contribution in [2.75, 3.05) is 0 Å². The lowest BCUT2D eigenvalue weighted by Gasteiger charge is -2.00. The second-order valence-corrected chi connectivity index (χ2v) is 9.68. The summed E-state index contributed by atoms with van der Waals surface area (Å²) in [5.74, 6) is 12.9. The molecule has 0 radical (unpaired) electrons. The minimum atomic E-state index is 0.774. The summed E-state index contributed by atoms with van der Waals surface area (Å²) in [7, 11) is 0. The highest BCUT2D eigenvalue weighted by molar-refractivity contribution is 5.65. The Morgan fingerprint density at radius 3 is 0.833 bits per heavy atom. The minimum Gasteiger partial charge on any atom is -0.151 e. The number of hydrogen-bond donors (Lipinski definition) is 0. The van der Waals surface area contributed by atoms with Gasteiger partial charge >= 0.3 is 0 Å². The lowest BCUT2D eigenvalue weighted by Crippen LogP contribution is -1.79. The second kappa shape index (κ2) is 12.9. The lowest BCUT2D eigenvalue weighted by atomic mass is 10.0. The average molecular weight is 535 g/mol. The molecule has 0 N–H and O–H groups in total. The van der Waals surface area contributed by atoms with E-state index in [1.807, 2.05) is 84.9 Å². The lowest BCUT2D eigenvalue weighted by molar-refractivity contribution is 1.23. The van der Waals surface area contributed by atoms with E-state index in [9.17, 15) is 0 Å². The van der Waals surface area contributed by atoms with Crippen molar-refractivity contribution >= 4 is 11.4 Å². The van der Waals surface area contributed by atoms with Gasteiger partial charge in [-0.3, -0.25) is 0 Å². The van der Waals surface area contributed by atoms with Crippen molar-refractivity contribution in [3.05, 3.63) is 180 Å². The topological polar surface area (TPSA) is 24.7 Å². The Kier molecular flexibility index (Phi) is 8.09.